The summed E-state index contributed by atoms with van der Waals surface area (Å²) < 4.78 is 33.2. The Morgan fingerprint density at radius 3 is 2.58 bits per heavy atom. The van der Waals surface area contributed by atoms with E-state index >= 15 is 0 Å². The number of para-hydroxylation sites is 1. The van der Waals surface area contributed by atoms with Crippen molar-refractivity contribution in [2.24, 2.45) is 0 Å². The summed E-state index contributed by atoms with van der Waals surface area (Å²) in [4.78, 5) is 12.3. The molecule has 0 saturated heterocycles. The van der Waals surface area contributed by atoms with E-state index in [1.165, 1.54) is 13.2 Å². The van der Waals surface area contributed by atoms with Gasteiger partial charge in [0.25, 0.3) is 15.9 Å². The predicted molar refractivity (Wildman–Crippen MR) is 99.6 cm³/mol. The number of hydrogen-bond acceptors (Lipinski definition) is 4. The molecule has 1 aliphatic carbocycles. The normalized spacial score (nSPS) is 16.0. The first kappa shape index (κ1) is 16.7. The SMILES string of the molecule is COc1ccccc1S(=O)(=O)Nc1ccc2c(c1)C(=C1CCC1)C(=O)N2. The van der Waals surface area contributed by atoms with E-state index in [0.717, 1.165) is 30.4 Å². The number of methoxy groups -OCH3 is 1. The fourth-order valence-corrected chi connectivity index (χ4v) is 4.46. The maximum atomic E-state index is 12.7. The zero-order valence-electron chi connectivity index (χ0n) is 14.2. The highest BCUT2D eigenvalue weighted by molar-refractivity contribution is 7.92. The molecule has 2 aromatic carbocycles. The summed E-state index contributed by atoms with van der Waals surface area (Å²) in [5.41, 5.74) is 3.69. The van der Waals surface area contributed by atoms with Crippen molar-refractivity contribution in [2.75, 3.05) is 17.1 Å². The number of carbonyl (C=O) groups excluding carboxylic acids is 1. The van der Waals surface area contributed by atoms with Crippen LogP contribution in [0, 0.1) is 0 Å². The summed E-state index contributed by atoms with van der Waals surface area (Å²) in [6.07, 6.45) is 2.92. The summed E-state index contributed by atoms with van der Waals surface area (Å²) in [6.45, 7) is 0. The molecule has 6 nitrogen and oxygen atoms in total. The van der Waals surface area contributed by atoms with Gasteiger partial charge in [-0.2, -0.15) is 0 Å². The summed E-state index contributed by atoms with van der Waals surface area (Å²) in [5, 5.41) is 2.84. The summed E-state index contributed by atoms with van der Waals surface area (Å²) >= 11 is 0. The van der Waals surface area contributed by atoms with Crippen LogP contribution in [0.5, 0.6) is 5.75 Å². The molecule has 1 fully saturated rings. The lowest BCUT2D eigenvalue weighted by Crippen LogP contribution is -2.14. The maximum absolute atomic E-state index is 12.7. The van der Waals surface area contributed by atoms with Crippen LogP contribution in [0.2, 0.25) is 0 Å². The van der Waals surface area contributed by atoms with Gasteiger partial charge in [-0.25, -0.2) is 8.42 Å². The van der Waals surface area contributed by atoms with Crippen molar-refractivity contribution in [3.8, 4) is 5.75 Å². The highest BCUT2D eigenvalue weighted by Gasteiger charge is 2.30. The Kier molecular flexibility index (Phi) is 3.96. The number of allylic oxidation sites excluding steroid dienone is 1. The number of hydrogen-bond donors (Lipinski definition) is 2. The molecule has 2 aliphatic rings. The van der Waals surface area contributed by atoms with Crippen molar-refractivity contribution < 1.29 is 17.9 Å². The number of ether oxygens (including phenoxy) is 1. The van der Waals surface area contributed by atoms with Crippen molar-refractivity contribution in [3.63, 3.8) is 0 Å². The topological polar surface area (TPSA) is 84.5 Å². The number of fused-ring (bicyclic) bond motifs is 1. The standard InChI is InChI=1S/C19H18N2O4S/c1-25-16-7-2-3-8-17(16)26(23,24)21-13-9-10-15-14(11-13)18(19(22)20-15)12-5-4-6-12/h2-3,7-11,21H,4-6H2,1H3,(H,20,22). The second-order valence-corrected chi connectivity index (χ2v) is 7.95. The van der Waals surface area contributed by atoms with Gasteiger partial charge in [-0.15, -0.1) is 0 Å². The monoisotopic (exact) mass is 370 g/mol. The third-order valence-corrected chi connectivity index (χ3v) is 6.11. The Labute approximate surface area is 151 Å². The van der Waals surface area contributed by atoms with Gasteiger partial charge in [0, 0.05) is 22.5 Å². The van der Waals surface area contributed by atoms with Crippen molar-refractivity contribution >= 4 is 32.9 Å². The fraction of sp³-hybridized carbons (Fsp3) is 0.211. The average Bonchev–Trinajstić information content (AvgIpc) is 2.89. The molecule has 0 bridgehead atoms. The molecular weight excluding hydrogens is 352 g/mol. The van der Waals surface area contributed by atoms with Gasteiger partial charge in [-0.3, -0.25) is 9.52 Å². The fourth-order valence-electron chi connectivity index (χ4n) is 3.24. The van der Waals surface area contributed by atoms with Gasteiger partial charge in [-0.1, -0.05) is 17.7 Å². The molecule has 0 spiro atoms. The molecule has 0 radical (unpaired) electrons. The van der Waals surface area contributed by atoms with Crippen LogP contribution < -0.4 is 14.8 Å². The van der Waals surface area contributed by atoms with E-state index in [2.05, 4.69) is 10.0 Å². The number of carbonyl (C=O) groups is 1. The van der Waals surface area contributed by atoms with Gasteiger partial charge < -0.3 is 10.1 Å². The van der Waals surface area contributed by atoms with Gasteiger partial charge in [0.2, 0.25) is 0 Å². The molecule has 4 rings (SSSR count). The molecule has 134 valence electrons. The Morgan fingerprint density at radius 2 is 1.88 bits per heavy atom. The third-order valence-electron chi connectivity index (χ3n) is 4.69. The van der Waals surface area contributed by atoms with E-state index in [9.17, 15) is 13.2 Å². The lowest BCUT2D eigenvalue weighted by atomic mass is 9.85. The van der Waals surface area contributed by atoms with Crippen LogP contribution in [0.4, 0.5) is 11.4 Å². The van der Waals surface area contributed by atoms with E-state index in [0.29, 0.717) is 16.9 Å². The molecular formula is C19H18N2O4S. The first-order valence-electron chi connectivity index (χ1n) is 8.33. The first-order chi connectivity index (χ1) is 12.5. The van der Waals surface area contributed by atoms with E-state index < -0.39 is 10.0 Å². The van der Waals surface area contributed by atoms with Crippen molar-refractivity contribution in [3.05, 3.63) is 53.6 Å². The Hall–Kier alpha value is -2.80. The minimum atomic E-state index is -3.81. The minimum Gasteiger partial charge on any atom is -0.495 e. The van der Waals surface area contributed by atoms with Gasteiger partial charge in [0.05, 0.1) is 7.11 Å². The van der Waals surface area contributed by atoms with Crippen LogP contribution >= 0.6 is 0 Å². The van der Waals surface area contributed by atoms with Gasteiger partial charge in [-0.05, 0) is 49.6 Å². The summed E-state index contributed by atoms with van der Waals surface area (Å²) in [6, 6.07) is 11.5. The lowest BCUT2D eigenvalue weighted by molar-refractivity contribution is -0.110. The molecule has 2 aromatic rings. The average molecular weight is 370 g/mol. The second-order valence-electron chi connectivity index (χ2n) is 6.30. The van der Waals surface area contributed by atoms with Gasteiger partial charge in [0.1, 0.15) is 10.6 Å². The third kappa shape index (κ3) is 2.74. The maximum Gasteiger partial charge on any atom is 0.265 e. The van der Waals surface area contributed by atoms with Crippen molar-refractivity contribution in [1.29, 1.82) is 0 Å². The van der Waals surface area contributed by atoms with E-state index in [4.69, 9.17) is 4.74 Å². The van der Waals surface area contributed by atoms with Crippen LogP contribution in [0.15, 0.2) is 52.9 Å². The van der Waals surface area contributed by atoms with Crippen LogP contribution in [-0.2, 0) is 14.8 Å². The molecule has 26 heavy (non-hydrogen) atoms. The molecule has 7 heteroatoms. The minimum absolute atomic E-state index is 0.0646. The van der Waals surface area contributed by atoms with Crippen molar-refractivity contribution in [1.82, 2.24) is 0 Å². The van der Waals surface area contributed by atoms with E-state index in [1.807, 2.05) is 0 Å². The molecule has 1 amide bonds. The quantitative estimate of drug-likeness (QED) is 0.808. The number of benzene rings is 2. The second kappa shape index (κ2) is 6.17. The Balaban J connectivity index is 1.71. The molecule has 2 N–H and O–H groups in total. The Morgan fingerprint density at radius 1 is 1.12 bits per heavy atom. The highest BCUT2D eigenvalue weighted by atomic mass is 32.2. The zero-order chi connectivity index (χ0) is 18.3. The number of anilines is 2. The Bertz CT molecular complexity index is 1040. The molecule has 1 heterocycles. The van der Waals surface area contributed by atoms with Crippen LogP contribution in [0.3, 0.4) is 0 Å². The molecule has 0 unspecified atom stereocenters. The van der Waals surface area contributed by atoms with E-state index in [-0.39, 0.29) is 16.6 Å². The number of rotatable bonds is 4. The molecule has 1 aliphatic heterocycles. The summed E-state index contributed by atoms with van der Waals surface area (Å²) in [5.74, 6) is 0.162. The predicted octanol–water partition coefficient (Wildman–Crippen LogP) is 3.39. The summed E-state index contributed by atoms with van der Waals surface area (Å²) in [7, 11) is -2.38. The van der Waals surface area contributed by atoms with Crippen molar-refractivity contribution in [2.45, 2.75) is 24.2 Å². The van der Waals surface area contributed by atoms with Gasteiger partial charge >= 0.3 is 0 Å². The first-order valence-corrected chi connectivity index (χ1v) is 9.81. The molecule has 1 saturated carbocycles. The van der Waals surface area contributed by atoms with Crippen LogP contribution in [-0.4, -0.2) is 21.4 Å². The van der Waals surface area contributed by atoms with Crippen LogP contribution in [0.1, 0.15) is 24.8 Å². The van der Waals surface area contributed by atoms with Gasteiger partial charge in [0.15, 0.2) is 0 Å². The number of nitrogens with one attached hydrogen (secondary N) is 2. The van der Waals surface area contributed by atoms with Crippen LogP contribution in [0.25, 0.3) is 5.57 Å². The largest absolute Gasteiger partial charge is 0.495 e. The lowest BCUT2D eigenvalue weighted by Gasteiger charge is -2.19. The molecule has 0 aromatic heterocycles. The number of amides is 1. The highest BCUT2D eigenvalue weighted by Crippen LogP contribution is 2.41. The number of sulfonamides is 1. The van der Waals surface area contributed by atoms with E-state index in [1.54, 1.807) is 36.4 Å². The molecule has 0 atom stereocenters. The zero-order valence-corrected chi connectivity index (χ0v) is 15.0. The smallest absolute Gasteiger partial charge is 0.265 e.